The predicted octanol–water partition coefficient (Wildman–Crippen LogP) is 3.28. The van der Waals surface area contributed by atoms with E-state index in [0.29, 0.717) is 49.0 Å². The fraction of sp³-hybridized carbons (Fsp3) is 0.522. The van der Waals surface area contributed by atoms with E-state index in [1.165, 1.54) is 0 Å². The number of piperazine rings is 1. The summed E-state index contributed by atoms with van der Waals surface area (Å²) < 4.78 is 40.1. The number of nitrogens with zero attached hydrogens (tertiary/aromatic N) is 5. The average Bonchev–Trinajstić information content (AvgIpc) is 3.20. The Morgan fingerprint density at radius 1 is 1.09 bits per heavy atom. The minimum Gasteiger partial charge on any atom is -0.390 e. The molecule has 2 unspecified atom stereocenters. The van der Waals surface area contributed by atoms with Crippen LogP contribution in [-0.4, -0.2) is 82.2 Å². The molecule has 1 amide bonds. The van der Waals surface area contributed by atoms with Crippen molar-refractivity contribution in [1.29, 1.82) is 0 Å². The molecule has 0 aliphatic carbocycles. The van der Waals surface area contributed by atoms with Gasteiger partial charge in [0.2, 0.25) is 5.95 Å². The number of carbonyl (C=O) groups excluding carboxylic acids is 1. The van der Waals surface area contributed by atoms with Crippen LogP contribution in [0.1, 0.15) is 41.5 Å². The summed E-state index contributed by atoms with van der Waals surface area (Å²) in [5.41, 5.74) is -0.106. The van der Waals surface area contributed by atoms with Crippen molar-refractivity contribution in [1.82, 2.24) is 19.8 Å². The van der Waals surface area contributed by atoms with Gasteiger partial charge in [-0.15, -0.1) is 0 Å². The van der Waals surface area contributed by atoms with Crippen molar-refractivity contribution in [3.63, 3.8) is 0 Å². The summed E-state index contributed by atoms with van der Waals surface area (Å²) in [4.78, 5) is 26.3. The molecule has 2 atom stereocenters. The Hall–Kier alpha value is -2.43. The smallest absolute Gasteiger partial charge is 0.390 e. The second-order valence-electron chi connectivity index (χ2n) is 9.01. The number of alkyl halides is 3. The van der Waals surface area contributed by atoms with Crippen LogP contribution in [0.25, 0.3) is 0 Å². The zero-order valence-corrected chi connectivity index (χ0v) is 19.7. The van der Waals surface area contributed by atoms with Crippen molar-refractivity contribution >= 4 is 23.5 Å². The van der Waals surface area contributed by atoms with Gasteiger partial charge in [-0.2, -0.15) is 13.2 Å². The molecule has 2 aromatic rings. The largest absolute Gasteiger partial charge is 0.433 e. The first-order valence-electron chi connectivity index (χ1n) is 11.2. The molecule has 11 heteroatoms. The first kappa shape index (κ1) is 24.7. The molecule has 4 rings (SSSR count). The fourth-order valence-electron chi connectivity index (χ4n) is 4.36. The van der Waals surface area contributed by atoms with E-state index in [2.05, 4.69) is 14.9 Å². The molecule has 1 aromatic heterocycles. The van der Waals surface area contributed by atoms with Crippen molar-refractivity contribution in [2.24, 2.45) is 0 Å². The van der Waals surface area contributed by atoms with Gasteiger partial charge in [-0.25, -0.2) is 9.97 Å². The average molecular weight is 498 g/mol. The van der Waals surface area contributed by atoms with Gasteiger partial charge in [0, 0.05) is 55.5 Å². The van der Waals surface area contributed by atoms with E-state index < -0.39 is 18.0 Å². The van der Waals surface area contributed by atoms with Crippen LogP contribution in [0.2, 0.25) is 5.02 Å². The number of aliphatic hydroxyl groups is 1. The maximum Gasteiger partial charge on any atom is 0.433 e. The molecule has 2 aliphatic rings. The second kappa shape index (κ2) is 9.67. The Morgan fingerprint density at radius 3 is 2.32 bits per heavy atom. The van der Waals surface area contributed by atoms with E-state index in [-0.39, 0.29) is 30.4 Å². The number of β-amino-alcohol motifs (C(OH)–C–C–N with tert-alkyl or cyclic N) is 1. The summed E-state index contributed by atoms with van der Waals surface area (Å²) in [6, 6.07) is 7.43. The standard InChI is InChI=1S/C23H27ClF3N5O2/c1-14(2)17-11-20(23(25,26)27)29-22(28-17)32-12-18(19(33)13-32)30-7-9-31(10-8-30)21(34)15-3-5-16(24)6-4-15/h3-6,11,14,18-19,33H,7-10,12-13H2,1-2H3. The predicted molar refractivity (Wildman–Crippen MR) is 122 cm³/mol. The number of carbonyl (C=O) groups is 1. The van der Waals surface area contributed by atoms with Gasteiger partial charge in [-0.1, -0.05) is 25.4 Å². The number of halogens is 4. The summed E-state index contributed by atoms with van der Waals surface area (Å²) in [5.74, 6) is -0.294. The Kier molecular flexibility index (Phi) is 7.02. The van der Waals surface area contributed by atoms with Crippen molar-refractivity contribution < 1.29 is 23.1 Å². The van der Waals surface area contributed by atoms with Gasteiger partial charge in [0.1, 0.15) is 5.69 Å². The molecule has 7 nitrogen and oxygen atoms in total. The van der Waals surface area contributed by atoms with Gasteiger partial charge in [0.15, 0.2) is 0 Å². The van der Waals surface area contributed by atoms with Gasteiger partial charge < -0.3 is 14.9 Å². The van der Waals surface area contributed by atoms with Gasteiger partial charge in [0.25, 0.3) is 5.91 Å². The topological polar surface area (TPSA) is 72.8 Å². The van der Waals surface area contributed by atoms with Crippen LogP contribution < -0.4 is 4.90 Å². The van der Waals surface area contributed by atoms with Crippen LogP contribution in [0.15, 0.2) is 30.3 Å². The minimum atomic E-state index is -4.58. The molecule has 0 radical (unpaired) electrons. The highest BCUT2D eigenvalue weighted by Crippen LogP contribution is 2.32. The Balaban J connectivity index is 1.43. The van der Waals surface area contributed by atoms with Gasteiger partial charge in [-0.05, 0) is 36.2 Å². The van der Waals surface area contributed by atoms with Gasteiger partial charge in [0.05, 0.1) is 12.1 Å². The number of anilines is 1. The molecule has 0 saturated carbocycles. The van der Waals surface area contributed by atoms with Gasteiger partial charge >= 0.3 is 6.18 Å². The summed E-state index contributed by atoms with van der Waals surface area (Å²) in [6.45, 7) is 6.09. The van der Waals surface area contributed by atoms with Crippen LogP contribution in [0.3, 0.4) is 0 Å². The van der Waals surface area contributed by atoms with Crippen LogP contribution in [0.5, 0.6) is 0 Å². The van der Waals surface area contributed by atoms with Crippen molar-refractivity contribution in [2.75, 3.05) is 44.2 Å². The third kappa shape index (κ3) is 5.29. The van der Waals surface area contributed by atoms with E-state index >= 15 is 0 Å². The first-order chi connectivity index (χ1) is 16.0. The van der Waals surface area contributed by atoms with E-state index in [9.17, 15) is 23.1 Å². The first-order valence-corrected chi connectivity index (χ1v) is 11.6. The second-order valence-corrected chi connectivity index (χ2v) is 9.44. The number of hydrogen-bond donors (Lipinski definition) is 1. The lowest BCUT2D eigenvalue weighted by atomic mass is 10.1. The van der Waals surface area contributed by atoms with Gasteiger partial charge in [-0.3, -0.25) is 9.69 Å². The highest BCUT2D eigenvalue weighted by Gasteiger charge is 2.40. The summed E-state index contributed by atoms with van der Waals surface area (Å²) in [6.07, 6.45) is -5.34. The van der Waals surface area contributed by atoms with Crippen LogP contribution in [-0.2, 0) is 6.18 Å². The number of hydrogen-bond acceptors (Lipinski definition) is 6. The monoisotopic (exact) mass is 497 g/mol. The quantitative estimate of drug-likeness (QED) is 0.699. The zero-order valence-electron chi connectivity index (χ0n) is 19.0. The lowest BCUT2D eigenvalue weighted by molar-refractivity contribution is -0.141. The molecule has 34 heavy (non-hydrogen) atoms. The SMILES string of the molecule is CC(C)c1cc(C(F)(F)F)nc(N2CC(O)C(N3CCN(C(=O)c4ccc(Cl)cc4)CC3)C2)n1. The molecule has 2 fully saturated rings. The van der Waals surface area contributed by atoms with Crippen molar-refractivity contribution in [3.05, 3.63) is 52.3 Å². The van der Waals surface area contributed by atoms with E-state index in [4.69, 9.17) is 11.6 Å². The van der Waals surface area contributed by atoms with Crippen LogP contribution in [0.4, 0.5) is 19.1 Å². The zero-order chi connectivity index (χ0) is 24.6. The molecule has 0 spiro atoms. The third-order valence-corrected chi connectivity index (χ3v) is 6.57. The van der Waals surface area contributed by atoms with Crippen LogP contribution in [0, 0.1) is 0 Å². The normalized spacial score (nSPS) is 22.0. The third-order valence-electron chi connectivity index (χ3n) is 6.32. The Morgan fingerprint density at radius 2 is 1.74 bits per heavy atom. The molecular formula is C23H27ClF3N5O2. The Bertz CT molecular complexity index is 1030. The number of amides is 1. The number of benzene rings is 1. The lowest BCUT2D eigenvalue weighted by Gasteiger charge is -2.38. The van der Waals surface area contributed by atoms with E-state index in [1.54, 1.807) is 47.9 Å². The number of aromatic nitrogens is 2. The highest BCUT2D eigenvalue weighted by atomic mass is 35.5. The molecule has 1 aromatic carbocycles. The summed E-state index contributed by atoms with van der Waals surface area (Å²) in [7, 11) is 0. The number of rotatable bonds is 4. The molecule has 3 heterocycles. The van der Waals surface area contributed by atoms with Crippen molar-refractivity contribution in [2.45, 2.75) is 38.1 Å². The highest BCUT2D eigenvalue weighted by molar-refractivity contribution is 6.30. The maximum atomic E-state index is 13.4. The van der Waals surface area contributed by atoms with E-state index in [0.717, 1.165) is 6.07 Å². The molecule has 0 bridgehead atoms. The molecular weight excluding hydrogens is 471 g/mol. The van der Waals surface area contributed by atoms with Crippen molar-refractivity contribution in [3.8, 4) is 0 Å². The summed E-state index contributed by atoms with van der Waals surface area (Å²) in [5, 5.41) is 11.3. The maximum absolute atomic E-state index is 13.4. The minimum absolute atomic E-state index is 0.0170. The van der Waals surface area contributed by atoms with E-state index in [1.807, 2.05) is 0 Å². The Labute approximate surface area is 201 Å². The molecule has 1 N–H and O–H groups in total. The van der Waals surface area contributed by atoms with Crippen LogP contribution >= 0.6 is 11.6 Å². The summed E-state index contributed by atoms with van der Waals surface area (Å²) >= 11 is 5.89. The molecule has 2 aliphatic heterocycles. The fourth-order valence-corrected chi connectivity index (χ4v) is 4.48. The lowest BCUT2D eigenvalue weighted by Crippen LogP contribution is -2.54. The number of aliphatic hydroxyl groups excluding tert-OH is 1. The molecule has 2 saturated heterocycles. The molecule has 184 valence electrons.